The molecule has 0 aliphatic carbocycles. The van der Waals surface area contributed by atoms with Gasteiger partial charge in [-0.3, -0.25) is 14.8 Å². The molecule has 6 heteroatoms. The van der Waals surface area contributed by atoms with Gasteiger partial charge in [-0.2, -0.15) is 5.10 Å². The van der Waals surface area contributed by atoms with Gasteiger partial charge >= 0.3 is 0 Å². The Bertz CT molecular complexity index is 617. The molecule has 1 heterocycles. The van der Waals surface area contributed by atoms with Crippen molar-refractivity contribution in [3.05, 3.63) is 56.9 Å². The lowest BCUT2D eigenvalue weighted by Crippen LogP contribution is -2.08. The molecule has 0 spiro atoms. The third-order valence-corrected chi connectivity index (χ3v) is 3.36. The molecule has 0 aliphatic heterocycles. The van der Waals surface area contributed by atoms with E-state index >= 15 is 0 Å². The smallest absolute Gasteiger partial charge is 0.269 e. The molecule has 0 radical (unpaired) electrons. The Hall–Kier alpha value is -2.21. The van der Waals surface area contributed by atoms with Crippen molar-refractivity contribution in [2.24, 2.45) is 0 Å². The van der Waals surface area contributed by atoms with E-state index in [1.807, 2.05) is 25.6 Å². The summed E-state index contributed by atoms with van der Waals surface area (Å²) in [5.41, 5.74) is 4.44. The molecule has 6 nitrogen and oxygen atoms in total. The van der Waals surface area contributed by atoms with E-state index in [4.69, 9.17) is 0 Å². The van der Waals surface area contributed by atoms with Gasteiger partial charge in [0.1, 0.15) is 0 Å². The molecule has 2 aromatic rings. The zero-order valence-corrected chi connectivity index (χ0v) is 11.9. The Balaban J connectivity index is 2.21. The Morgan fingerprint density at radius 2 is 1.95 bits per heavy atom. The molecule has 0 aliphatic rings. The molecular formula is C14H18N4O2. The monoisotopic (exact) mass is 274 g/mol. The number of hydrogen-bond donors (Lipinski definition) is 1. The van der Waals surface area contributed by atoms with Gasteiger partial charge in [-0.1, -0.05) is 12.1 Å². The summed E-state index contributed by atoms with van der Waals surface area (Å²) in [4.78, 5) is 10.2. The largest absolute Gasteiger partial charge is 0.316 e. The number of nitro benzene ring substituents is 1. The summed E-state index contributed by atoms with van der Waals surface area (Å²) in [6.07, 6.45) is 0. The zero-order chi connectivity index (χ0) is 14.7. The zero-order valence-electron chi connectivity index (χ0n) is 11.9. The van der Waals surface area contributed by atoms with Gasteiger partial charge in [0.25, 0.3) is 5.69 Å². The van der Waals surface area contributed by atoms with E-state index in [0.717, 1.165) is 23.5 Å². The van der Waals surface area contributed by atoms with E-state index in [9.17, 15) is 10.1 Å². The van der Waals surface area contributed by atoms with Gasteiger partial charge in [-0.15, -0.1) is 0 Å². The molecule has 0 unspecified atom stereocenters. The quantitative estimate of drug-likeness (QED) is 0.670. The highest BCUT2D eigenvalue weighted by molar-refractivity contribution is 5.33. The topological polar surface area (TPSA) is 73.0 Å². The van der Waals surface area contributed by atoms with Gasteiger partial charge in [-0.25, -0.2) is 0 Å². The van der Waals surface area contributed by atoms with Crippen LogP contribution in [-0.4, -0.2) is 21.8 Å². The van der Waals surface area contributed by atoms with Crippen LogP contribution in [0.3, 0.4) is 0 Å². The normalized spacial score (nSPS) is 10.8. The summed E-state index contributed by atoms with van der Waals surface area (Å²) in [6.45, 7) is 5.44. The number of benzene rings is 1. The molecule has 1 N–H and O–H groups in total. The van der Waals surface area contributed by atoms with Gasteiger partial charge < -0.3 is 5.32 Å². The summed E-state index contributed by atoms with van der Waals surface area (Å²) in [7, 11) is 1.91. The number of aryl methyl sites for hydroxylation is 1. The fraction of sp³-hybridized carbons (Fsp3) is 0.357. The van der Waals surface area contributed by atoms with Crippen LogP contribution in [0.25, 0.3) is 0 Å². The second-order valence-electron chi connectivity index (χ2n) is 4.76. The molecule has 0 fully saturated rings. The van der Waals surface area contributed by atoms with Gasteiger partial charge in [0.05, 0.1) is 17.2 Å². The minimum absolute atomic E-state index is 0.109. The van der Waals surface area contributed by atoms with Crippen LogP contribution in [0.1, 0.15) is 22.5 Å². The summed E-state index contributed by atoms with van der Waals surface area (Å²) >= 11 is 0. The van der Waals surface area contributed by atoms with Crippen LogP contribution in [0, 0.1) is 24.0 Å². The Kier molecular flexibility index (Phi) is 4.14. The highest BCUT2D eigenvalue weighted by Gasteiger charge is 2.11. The van der Waals surface area contributed by atoms with Crippen LogP contribution in [0.5, 0.6) is 0 Å². The summed E-state index contributed by atoms with van der Waals surface area (Å²) in [5, 5.41) is 18.3. The van der Waals surface area contributed by atoms with Crippen molar-refractivity contribution in [1.82, 2.24) is 15.1 Å². The second kappa shape index (κ2) is 5.83. The Labute approximate surface area is 117 Å². The first-order valence-corrected chi connectivity index (χ1v) is 6.43. The Morgan fingerprint density at radius 1 is 1.30 bits per heavy atom. The van der Waals surface area contributed by atoms with Crippen molar-refractivity contribution >= 4 is 5.69 Å². The number of rotatable bonds is 5. The number of non-ortho nitro benzene ring substituents is 1. The van der Waals surface area contributed by atoms with Crippen LogP contribution in [0.15, 0.2) is 24.3 Å². The van der Waals surface area contributed by atoms with E-state index in [2.05, 4.69) is 10.4 Å². The minimum Gasteiger partial charge on any atom is -0.316 e. The molecule has 0 bridgehead atoms. The maximum Gasteiger partial charge on any atom is 0.269 e. The average Bonchev–Trinajstić information content (AvgIpc) is 2.67. The first kappa shape index (κ1) is 14.2. The molecule has 0 saturated heterocycles. The predicted molar refractivity (Wildman–Crippen MR) is 76.7 cm³/mol. The first-order chi connectivity index (χ1) is 9.52. The van der Waals surface area contributed by atoms with Crippen LogP contribution in [-0.2, 0) is 13.1 Å². The van der Waals surface area contributed by atoms with Crippen LogP contribution in [0.4, 0.5) is 5.69 Å². The summed E-state index contributed by atoms with van der Waals surface area (Å²) in [6, 6.07) is 6.59. The van der Waals surface area contributed by atoms with Gasteiger partial charge in [0.2, 0.25) is 0 Å². The van der Waals surface area contributed by atoms with Crippen molar-refractivity contribution in [3.63, 3.8) is 0 Å². The number of nitro groups is 1. The Morgan fingerprint density at radius 3 is 2.50 bits per heavy atom. The molecule has 20 heavy (non-hydrogen) atoms. The van der Waals surface area contributed by atoms with E-state index in [1.54, 1.807) is 12.1 Å². The lowest BCUT2D eigenvalue weighted by Gasteiger charge is -2.05. The molecule has 0 saturated carbocycles. The molecular weight excluding hydrogens is 256 g/mol. The fourth-order valence-electron chi connectivity index (χ4n) is 2.22. The molecule has 0 amide bonds. The van der Waals surface area contributed by atoms with E-state index in [-0.39, 0.29) is 5.69 Å². The van der Waals surface area contributed by atoms with Crippen molar-refractivity contribution < 1.29 is 4.92 Å². The number of aromatic nitrogens is 2. The fourth-order valence-corrected chi connectivity index (χ4v) is 2.22. The van der Waals surface area contributed by atoms with E-state index in [0.29, 0.717) is 6.54 Å². The highest BCUT2D eigenvalue weighted by atomic mass is 16.6. The predicted octanol–water partition coefficient (Wildman–Crippen LogP) is 2.18. The van der Waals surface area contributed by atoms with Crippen molar-refractivity contribution in [2.75, 3.05) is 7.05 Å². The number of nitrogens with zero attached hydrogens (tertiary/aromatic N) is 3. The second-order valence-corrected chi connectivity index (χ2v) is 4.76. The maximum atomic E-state index is 10.6. The third-order valence-electron chi connectivity index (χ3n) is 3.36. The van der Waals surface area contributed by atoms with Crippen LogP contribution >= 0.6 is 0 Å². The number of nitrogens with one attached hydrogen (secondary N) is 1. The van der Waals surface area contributed by atoms with Crippen LogP contribution < -0.4 is 5.32 Å². The molecule has 1 aromatic carbocycles. The minimum atomic E-state index is -0.391. The summed E-state index contributed by atoms with van der Waals surface area (Å²) in [5.74, 6) is 0. The van der Waals surface area contributed by atoms with Crippen molar-refractivity contribution in [1.29, 1.82) is 0 Å². The van der Waals surface area contributed by atoms with Gasteiger partial charge in [0, 0.05) is 29.9 Å². The van der Waals surface area contributed by atoms with Gasteiger partial charge in [0.15, 0.2) is 0 Å². The molecule has 0 atom stereocenters. The van der Waals surface area contributed by atoms with Crippen LogP contribution in [0.2, 0.25) is 0 Å². The third kappa shape index (κ3) is 2.85. The van der Waals surface area contributed by atoms with E-state index in [1.165, 1.54) is 17.7 Å². The lowest BCUT2D eigenvalue weighted by atomic mass is 10.2. The highest BCUT2D eigenvalue weighted by Crippen LogP contribution is 2.16. The molecule has 2 rings (SSSR count). The SMILES string of the molecule is CNCc1c(C)nn(Cc2ccc([N+](=O)[O-])cc2)c1C. The van der Waals surface area contributed by atoms with Crippen molar-refractivity contribution in [3.8, 4) is 0 Å². The average molecular weight is 274 g/mol. The lowest BCUT2D eigenvalue weighted by molar-refractivity contribution is -0.384. The molecule has 106 valence electrons. The first-order valence-electron chi connectivity index (χ1n) is 6.43. The van der Waals surface area contributed by atoms with Gasteiger partial charge in [-0.05, 0) is 26.5 Å². The maximum absolute atomic E-state index is 10.6. The standard InChI is InChI=1S/C14H18N4O2/c1-10-14(8-15-3)11(2)17(16-10)9-12-4-6-13(7-5-12)18(19)20/h4-7,15H,8-9H2,1-3H3. The van der Waals surface area contributed by atoms with Crippen molar-refractivity contribution in [2.45, 2.75) is 26.9 Å². The molecule has 1 aromatic heterocycles. The number of hydrogen-bond acceptors (Lipinski definition) is 4. The van der Waals surface area contributed by atoms with E-state index < -0.39 is 4.92 Å². The summed E-state index contributed by atoms with van der Waals surface area (Å²) < 4.78 is 1.93.